The number of primary amides is 1. The van der Waals surface area contributed by atoms with Crippen LogP contribution in [0.4, 0.5) is 5.82 Å². The minimum absolute atomic E-state index is 0.0604. The first-order chi connectivity index (χ1) is 10.1. The predicted molar refractivity (Wildman–Crippen MR) is 80.4 cm³/mol. The molecule has 21 heavy (non-hydrogen) atoms. The Morgan fingerprint density at radius 2 is 2.33 bits per heavy atom. The number of hydrogen-bond donors (Lipinski definition) is 2. The number of aromatic nitrogens is 3. The van der Waals surface area contributed by atoms with Gasteiger partial charge in [-0.05, 0) is 25.8 Å². The number of carbonyl (C=O) groups is 1. The van der Waals surface area contributed by atoms with Crippen molar-refractivity contribution in [2.75, 3.05) is 18.6 Å². The van der Waals surface area contributed by atoms with Crippen LogP contribution in [0.3, 0.4) is 0 Å². The Balaban J connectivity index is 1.92. The molecular formula is C14H20N6O. The van der Waals surface area contributed by atoms with E-state index in [1.165, 1.54) is 0 Å². The summed E-state index contributed by atoms with van der Waals surface area (Å²) in [5.74, 6) is 0.484. The van der Waals surface area contributed by atoms with Gasteiger partial charge < -0.3 is 10.7 Å². The number of H-pyrrole nitrogens is 1. The Kier molecular flexibility index (Phi) is 3.50. The number of anilines is 1. The first kappa shape index (κ1) is 13.8. The number of carbonyl (C=O) groups excluding carboxylic acids is 1. The first-order valence-electron chi connectivity index (χ1n) is 7.17. The average Bonchev–Trinajstić information content (AvgIpc) is 2.94. The lowest BCUT2D eigenvalue weighted by molar-refractivity contribution is -0.125. The van der Waals surface area contributed by atoms with Crippen molar-refractivity contribution in [1.82, 2.24) is 20.0 Å². The number of nitrogens with two attached hydrogens (primary N) is 1. The molecule has 0 radical (unpaired) electrons. The molecule has 2 unspecified atom stereocenters. The standard InChI is InChI=1S/C14H20N6O/c1-9-10(12(15)21)4-3-7-20(9)19(2)14-11-5-6-16-13(11)17-8-18-14/h5-6,8-10H,3-4,7H2,1-2H3,(H2,15,21)(H,16,17,18). The molecule has 0 bridgehead atoms. The third kappa shape index (κ3) is 2.33. The van der Waals surface area contributed by atoms with E-state index in [0.717, 1.165) is 36.2 Å². The molecule has 1 aliphatic rings. The van der Waals surface area contributed by atoms with Crippen LogP contribution in [0.5, 0.6) is 0 Å². The normalized spacial score (nSPS) is 23.3. The molecular weight excluding hydrogens is 268 g/mol. The molecule has 2 aromatic rings. The zero-order valence-electron chi connectivity index (χ0n) is 12.3. The minimum atomic E-state index is -0.227. The minimum Gasteiger partial charge on any atom is -0.369 e. The lowest BCUT2D eigenvalue weighted by atomic mass is 9.91. The summed E-state index contributed by atoms with van der Waals surface area (Å²) in [7, 11) is 1.97. The van der Waals surface area contributed by atoms with E-state index in [1.807, 2.05) is 31.2 Å². The molecule has 2 atom stereocenters. The van der Waals surface area contributed by atoms with E-state index in [9.17, 15) is 4.79 Å². The predicted octanol–water partition coefficient (Wildman–Crippen LogP) is 0.895. The van der Waals surface area contributed by atoms with Crippen LogP contribution in [0, 0.1) is 5.92 Å². The van der Waals surface area contributed by atoms with Gasteiger partial charge in [-0.2, -0.15) is 0 Å². The molecule has 3 N–H and O–H groups in total. The molecule has 0 saturated carbocycles. The van der Waals surface area contributed by atoms with E-state index in [1.54, 1.807) is 6.33 Å². The second-order valence-electron chi connectivity index (χ2n) is 5.52. The number of rotatable bonds is 3. The van der Waals surface area contributed by atoms with Gasteiger partial charge in [-0.15, -0.1) is 0 Å². The van der Waals surface area contributed by atoms with Crippen LogP contribution >= 0.6 is 0 Å². The Morgan fingerprint density at radius 3 is 3.10 bits per heavy atom. The molecule has 7 nitrogen and oxygen atoms in total. The Labute approximate surface area is 123 Å². The van der Waals surface area contributed by atoms with Gasteiger partial charge >= 0.3 is 0 Å². The number of piperidine rings is 1. The number of amides is 1. The average molecular weight is 288 g/mol. The summed E-state index contributed by atoms with van der Waals surface area (Å²) in [6, 6.07) is 2.02. The zero-order valence-corrected chi connectivity index (χ0v) is 12.3. The van der Waals surface area contributed by atoms with Crippen LogP contribution in [0.15, 0.2) is 18.6 Å². The maximum atomic E-state index is 11.6. The van der Waals surface area contributed by atoms with Gasteiger partial charge in [0.05, 0.1) is 11.3 Å². The molecule has 1 aliphatic heterocycles. The molecule has 112 valence electrons. The van der Waals surface area contributed by atoms with Crippen molar-refractivity contribution in [3.05, 3.63) is 18.6 Å². The maximum absolute atomic E-state index is 11.6. The topological polar surface area (TPSA) is 91.1 Å². The highest BCUT2D eigenvalue weighted by atomic mass is 16.1. The van der Waals surface area contributed by atoms with Crippen LogP contribution in [0.25, 0.3) is 11.0 Å². The molecule has 7 heteroatoms. The number of hydrazine groups is 1. The van der Waals surface area contributed by atoms with Crippen molar-refractivity contribution in [2.24, 2.45) is 11.7 Å². The highest BCUT2D eigenvalue weighted by Crippen LogP contribution is 2.29. The number of nitrogens with one attached hydrogen (secondary N) is 1. The molecule has 3 heterocycles. The number of nitrogens with zero attached hydrogens (tertiary/aromatic N) is 4. The van der Waals surface area contributed by atoms with Gasteiger partial charge in [0.25, 0.3) is 0 Å². The van der Waals surface area contributed by atoms with Crippen molar-refractivity contribution in [3.8, 4) is 0 Å². The molecule has 0 spiro atoms. The molecule has 1 saturated heterocycles. The van der Waals surface area contributed by atoms with Crippen molar-refractivity contribution in [3.63, 3.8) is 0 Å². The highest BCUT2D eigenvalue weighted by Gasteiger charge is 2.34. The molecule has 1 amide bonds. The Bertz CT molecular complexity index is 654. The van der Waals surface area contributed by atoms with Gasteiger partial charge in [0.1, 0.15) is 12.0 Å². The van der Waals surface area contributed by atoms with Gasteiger partial charge in [-0.3, -0.25) is 9.80 Å². The van der Waals surface area contributed by atoms with Crippen molar-refractivity contribution in [2.45, 2.75) is 25.8 Å². The summed E-state index contributed by atoms with van der Waals surface area (Å²) in [5.41, 5.74) is 6.33. The van der Waals surface area contributed by atoms with Crippen LogP contribution in [-0.4, -0.2) is 45.5 Å². The zero-order chi connectivity index (χ0) is 15.0. The third-order valence-electron chi connectivity index (χ3n) is 4.35. The smallest absolute Gasteiger partial charge is 0.222 e. The maximum Gasteiger partial charge on any atom is 0.222 e. The number of fused-ring (bicyclic) bond motifs is 1. The van der Waals surface area contributed by atoms with Crippen LogP contribution in [0.1, 0.15) is 19.8 Å². The largest absolute Gasteiger partial charge is 0.369 e. The van der Waals surface area contributed by atoms with Crippen LogP contribution in [0.2, 0.25) is 0 Å². The van der Waals surface area contributed by atoms with Crippen molar-refractivity contribution < 1.29 is 4.79 Å². The molecule has 3 rings (SSSR count). The summed E-state index contributed by atoms with van der Waals surface area (Å²) in [6.45, 7) is 2.93. The van der Waals surface area contributed by atoms with E-state index in [0.29, 0.717) is 0 Å². The fraction of sp³-hybridized carbons (Fsp3) is 0.500. The molecule has 1 fully saturated rings. The van der Waals surface area contributed by atoms with E-state index in [-0.39, 0.29) is 17.9 Å². The molecule has 2 aromatic heterocycles. The number of aromatic amines is 1. The lowest BCUT2D eigenvalue weighted by Gasteiger charge is -2.43. The Hall–Kier alpha value is -2.15. The van der Waals surface area contributed by atoms with E-state index < -0.39 is 0 Å². The highest BCUT2D eigenvalue weighted by molar-refractivity contribution is 5.87. The summed E-state index contributed by atoms with van der Waals surface area (Å²) >= 11 is 0. The van der Waals surface area contributed by atoms with Crippen LogP contribution in [-0.2, 0) is 4.79 Å². The third-order valence-corrected chi connectivity index (χ3v) is 4.35. The van der Waals surface area contributed by atoms with Gasteiger partial charge in [0, 0.05) is 25.8 Å². The van der Waals surface area contributed by atoms with Crippen LogP contribution < -0.4 is 10.7 Å². The fourth-order valence-corrected chi connectivity index (χ4v) is 3.17. The van der Waals surface area contributed by atoms with Gasteiger partial charge in [0.15, 0.2) is 5.82 Å². The summed E-state index contributed by atoms with van der Waals surface area (Å²) in [6.07, 6.45) is 5.20. The fourth-order valence-electron chi connectivity index (χ4n) is 3.17. The summed E-state index contributed by atoms with van der Waals surface area (Å²) in [5, 5.41) is 5.14. The Morgan fingerprint density at radius 1 is 1.52 bits per heavy atom. The van der Waals surface area contributed by atoms with Gasteiger partial charge in [0.2, 0.25) is 5.91 Å². The lowest BCUT2D eigenvalue weighted by Crippen LogP contribution is -2.54. The van der Waals surface area contributed by atoms with Gasteiger partial charge in [-0.25, -0.2) is 15.0 Å². The van der Waals surface area contributed by atoms with E-state index >= 15 is 0 Å². The SMILES string of the molecule is CC1C(C(N)=O)CCCN1N(C)c1ncnc2[nH]ccc12. The van der Waals surface area contributed by atoms with Crippen molar-refractivity contribution >= 4 is 22.8 Å². The number of hydrogen-bond acceptors (Lipinski definition) is 5. The summed E-state index contributed by atoms with van der Waals surface area (Å²) < 4.78 is 0. The first-order valence-corrected chi connectivity index (χ1v) is 7.17. The van der Waals surface area contributed by atoms with E-state index in [4.69, 9.17) is 5.73 Å². The van der Waals surface area contributed by atoms with Gasteiger partial charge in [-0.1, -0.05) is 0 Å². The quantitative estimate of drug-likeness (QED) is 0.875. The second-order valence-corrected chi connectivity index (χ2v) is 5.52. The molecule has 0 aromatic carbocycles. The molecule has 0 aliphatic carbocycles. The monoisotopic (exact) mass is 288 g/mol. The second kappa shape index (κ2) is 5.33. The van der Waals surface area contributed by atoms with E-state index in [2.05, 4.69) is 20.0 Å². The van der Waals surface area contributed by atoms with Crippen molar-refractivity contribution in [1.29, 1.82) is 0 Å². The summed E-state index contributed by atoms with van der Waals surface area (Å²) in [4.78, 5) is 23.3.